The third kappa shape index (κ3) is 2.13. The highest BCUT2D eigenvalue weighted by atomic mass is 16.1. The van der Waals surface area contributed by atoms with Crippen LogP contribution in [0, 0.1) is 5.41 Å². The molecule has 4 rings (SSSR count). The lowest BCUT2D eigenvalue weighted by Gasteiger charge is -2.55. The predicted octanol–water partition coefficient (Wildman–Crippen LogP) is 4.27. The van der Waals surface area contributed by atoms with Crippen molar-refractivity contribution in [3.05, 3.63) is 29.8 Å². The molecule has 3 nitrogen and oxygen atoms in total. The van der Waals surface area contributed by atoms with Gasteiger partial charge in [0.1, 0.15) is 5.78 Å². The molecule has 3 aliphatic rings. The lowest BCUT2D eigenvalue weighted by molar-refractivity contribution is -0.121. The second-order valence-corrected chi connectivity index (χ2v) is 8.23. The van der Waals surface area contributed by atoms with Crippen molar-refractivity contribution < 1.29 is 4.79 Å². The van der Waals surface area contributed by atoms with Crippen molar-refractivity contribution in [1.29, 1.82) is 0 Å². The van der Waals surface area contributed by atoms with E-state index in [2.05, 4.69) is 43.0 Å². The molecule has 2 saturated heterocycles. The molecule has 0 aliphatic carbocycles. The molecule has 1 unspecified atom stereocenters. The number of aliphatic imine (C=N–C) groups is 1. The number of carbonyl (C=O) groups excluding carboxylic acids is 1. The van der Waals surface area contributed by atoms with Gasteiger partial charge >= 0.3 is 0 Å². The summed E-state index contributed by atoms with van der Waals surface area (Å²) >= 11 is 0. The van der Waals surface area contributed by atoms with E-state index < -0.39 is 0 Å². The van der Waals surface area contributed by atoms with E-state index in [9.17, 15) is 4.79 Å². The second kappa shape index (κ2) is 5.52. The number of carbonyl (C=O) groups is 1. The predicted molar refractivity (Wildman–Crippen MR) is 98.1 cm³/mol. The Morgan fingerprint density at radius 1 is 1.29 bits per heavy atom. The van der Waals surface area contributed by atoms with E-state index in [1.54, 1.807) is 6.92 Å². The zero-order valence-electron chi connectivity index (χ0n) is 15.1. The van der Waals surface area contributed by atoms with Gasteiger partial charge in [-0.15, -0.1) is 0 Å². The van der Waals surface area contributed by atoms with Crippen molar-refractivity contribution in [2.24, 2.45) is 10.4 Å². The van der Waals surface area contributed by atoms with Crippen LogP contribution in [0.2, 0.25) is 0 Å². The van der Waals surface area contributed by atoms with Crippen LogP contribution in [-0.4, -0.2) is 35.5 Å². The Labute approximate surface area is 145 Å². The molecule has 0 aromatic heterocycles. The normalized spacial score (nSPS) is 35.0. The largest absolute Gasteiger partial charge is 0.300 e. The molecule has 2 fully saturated rings. The number of benzene rings is 1. The summed E-state index contributed by atoms with van der Waals surface area (Å²) in [5.74, 6) is 0.321. The summed E-state index contributed by atoms with van der Waals surface area (Å²) in [5.41, 5.74) is 3.98. The van der Waals surface area contributed by atoms with Crippen molar-refractivity contribution in [1.82, 2.24) is 4.90 Å². The van der Waals surface area contributed by atoms with Crippen LogP contribution in [0.25, 0.3) is 0 Å². The molecular weight excluding hydrogens is 296 g/mol. The minimum Gasteiger partial charge on any atom is -0.300 e. The van der Waals surface area contributed by atoms with Crippen molar-refractivity contribution >= 4 is 17.2 Å². The summed E-state index contributed by atoms with van der Waals surface area (Å²) in [6.07, 6.45) is 5.23. The zero-order chi connectivity index (χ0) is 16.9. The van der Waals surface area contributed by atoms with Crippen LogP contribution in [0.4, 0.5) is 5.69 Å². The Morgan fingerprint density at radius 3 is 2.83 bits per heavy atom. The molecule has 0 N–H and O–H groups in total. The standard InChI is InChI=1S/C21H28N2O/c1-4-21(14-15(2)24)10-7-12-23-13-11-20(3)16-8-5-6-9-17(16)22-18(20)19(21)23/h5-6,8-9,19H,4,7,10-14H2,1-3H3/t19-,20?,21+/m1/s1. The Kier molecular flexibility index (Phi) is 3.68. The van der Waals surface area contributed by atoms with Gasteiger partial charge in [-0.1, -0.05) is 32.0 Å². The minimum absolute atomic E-state index is 0.0479. The minimum atomic E-state index is 0.0479. The number of hydrogen-bond acceptors (Lipinski definition) is 3. The van der Waals surface area contributed by atoms with Gasteiger partial charge in [-0.2, -0.15) is 0 Å². The molecule has 3 heterocycles. The maximum absolute atomic E-state index is 12.1. The van der Waals surface area contributed by atoms with Gasteiger partial charge in [0, 0.05) is 24.1 Å². The highest BCUT2D eigenvalue weighted by Crippen LogP contribution is 2.53. The van der Waals surface area contributed by atoms with Crippen LogP contribution in [0.3, 0.4) is 0 Å². The molecule has 3 aliphatic heterocycles. The quantitative estimate of drug-likeness (QED) is 0.831. The Morgan fingerprint density at radius 2 is 2.08 bits per heavy atom. The molecular formula is C21H28N2O. The molecule has 3 heteroatoms. The number of para-hydroxylation sites is 1. The molecule has 1 aromatic rings. The summed E-state index contributed by atoms with van der Waals surface area (Å²) in [6, 6.07) is 8.95. The van der Waals surface area contributed by atoms with Gasteiger partial charge in [-0.25, -0.2) is 0 Å². The number of piperidine rings is 2. The summed E-state index contributed by atoms with van der Waals surface area (Å²) in [6.45, 7) is 8.66. The molecule has 0 spiro atoms. The SMILES string of the molecule is CC[C@@]1(CC(C)=O)CCCN2CCC3(C)C(=Nc4ccccc43)[C@@H]21. The Hall–Kier alpha value is -1.48. The molecule has 0 amide bonds. The first-order valence-corrected chi connectivity index (χ1v) is 9.42. The highest BCUT2D eigenvalue weighted by Gasteiger charge is 2.55. The van der Waals surface area contributed by atoms with Gasteiger partial charge in [-0.05, 0) is 56.2 Å². The number of ketones is 1. The fraction of sp³-hybridized carbons (Fsp3) is 0.619. The van der Waals surface area contributed by atoms with Crippen LogP contribution in [0.15, 0.2) is 29.3 Å². The van der Waals surface area contributed by atoms with Gasteiger partial charge in [0.05, 0.1) is 11.7 Å². The number of rotatable bonds is 3. The monoisotopic (exact) mass is 324 g/mol. The molecule has 0 radical (unpaired) electrons. The van der Waals surface area contributed by atoms with Crippen LogP contribution in [0.5, 0.6) is 0 Å². The smallest absolute Gasteiger partial charge is 0.130 e. The number of fused-ring (bicyclic) bond motifs is 5. The summed E-state index contributed by atoms with van der Waals surface area (Å²) in [4.78, 5) is 19.9. The molecule has 3 atom stereocenters. The van der Waals surface area contributed by atoms with Crippen molar-refractivity contribution in [3.63, 3.8) is 0 Å². The van der Waals surface area contributed by atoms with Crippen LogP contribution in [-0.2, 0) is 10.2 Å². The zero-order valence-corrected chi connectivity index (χ0v) is 15.1. The van der Waals surface area contributed by atoms with Gasteiger partial charge in [0.15, 0.2) is 0 Å². The number of nitrogens with zero attached hydrogens (tertiary/aromatic N) is 2. The first kappa shape index (κ1) is 16.0. The summed E-state index contributed by atoms with van der Waals surface area (Å²) in [7, 11) is 0. The number of hydrogen-bond donors (Lipinski definition) is 0. The summed E-state index contributed by atoms with van der Waals surface area (Å²) in [5, 5.41) is 0. The van der Waals surface area contributed by atoms with E-state index in [-0.39, 0.29) is 10.8 Å². The van der Waals surface area contributed by atoms with E-state index >= 15 is 0 Å². The van der Waals surface area contributed by atoms with Crippen molar-refractivity contribution in [3.8, 4) is 0 Å². The van der Waals surface area contributed by atoms with Crippen molar-refractivity contribution in [2.75, 3.05) is 13.1 Å². The van der Waals surface area contributed by atoms with E-state index in [0.717, 1.165) is 38.0 Å². The molecule has 0 bridgehead atoms. The lowest BCUT2D eigenvalue weighted by atomic mass is 9.59. The third-order valence-electron chi connectivity index (χ3n) is 6.83. The fourth-order valence-corrected chi connectivity index (χ4v) is 5.59. The van der Waals surface area contributed by atoms with E-state index in [4.69, 9.17) is 4.99 Å². The van der Waals surface area contributed by atoms with Crippen molar-refractivity contribution in [2.45, 2.75) is 64.3 Å². The first-order valence-electron chi connectivity index (χ1n) is 9.42. The third-order valence-corrected chi connectivity index (χ3v) is 6.83. The van der Waals surface area contributed by atoms with Crippen LogP contribution in [0.1, 0.15) is 58.4 Å². The van der Waals surface area contributed by atoms with E-state index in [0.29, 0.717) is 18.2 Å². The number of Topliss-reactive ketones (excluding diaryl/α,β-unsaturated/α-hetero) is 1. The lowest BCUT2D eigenvalue weighted by Crippen LogP contribution is -2.64. The van der Waals surface area contributed by atoms with E-state index in [1.807, 2.05) is 0 Å². The van der Waals surface area contributed by atoms with E-state index in [1.165, 1.54) is 17.7 Å². The van der Waals surface area contributed by atoms with Gasteiger partial charge in [0.25, 0.3) is 0 Å². The molecule has 24 heavy (non-hydrogen) atoms. The highest BCUT2D eigenvalue weighted by molar-refractivity contribution is 6.06. The fourth-order valence-electron chi connectivity index (χ4n) is 5.59. The van der Waals surface area contributed by atoms with Crippen LogP contribution >= 0.6 is 0 Å². The molecule has 128 valence electrons. The Bertz CT molecular complexity index is 710. The second-order valence-electron chi connectivity index (χ2n) is 8.23. The maximum Gasteiger partial charge on any atom is 0.130 e. The Balaban J connectivity index is 1.83. The van der Waals surface area contributed by atoms with Gasteiger partial charge in [0.2, 0.25) is 0 Å². The average molecular weight is 324 g/mol. The van der Waals surface area contributed by atoms with Gasteiger partial charge in [-0.3, -0.25) is 9.89 Å². The first-order chi connectivity index (χ1) is 11.5. The topological polar surface area (TPSA) is 32.7 Å². The summed E-state index contributed by atoms with van der Waals surface area (Å²) < 4.78 is 0. The maximum atomic E-state index is 12.1. The van der Waals surface area contributed by atoms with Gasteiger partial charge < -0.3 is 4.79 Å². The molecule has 1 aromatic carbocycles. The molecule has 0 saturated carbocycles. The average Bonchev–Trinajstić information content (AvgIpc) is 2.87. The van der Waals surface area contributed by atoms with Crippen LogP contribution < -0.4 is 0 Å².